The molecule has 1 atom stereocenters. The monoisotopic (exact) mass is 327 g/mol. The first-order valence-electron chi connectivity index (χ1n) is 6.65. The lowest BCUT2D eigenvalue weighted by Crippen LogP contribution is -2.43. The Balaban J connectivity index is 2.69. The molecule has 0 saturated carbocycles. The fourth-order valence-electron chi connectivity index (χ4n) is 1.80. The Morgan fingerprint density at radius 3 is 2.41 bits per heavy atom. The first-order valence-corrected chi connectivity index (χ1v) is 7.03. The fraction of sp³-hybridized carbons (Fsp3) is 0.400. The summed E-state index contributed by atoms with van der Waals surface area (Å²) >= 11 is 6.05. The number of ether oxygens (including phenoxy) is 2. The van der Waals surface area contributed by atoms with Crippen molar-refractivity contribution in [1.29, 1.82) is 0 Å². The van der Waals surface area contributed by atoms with Crippen LogP contribution in [0.15, 0.2) is 24.3 Å². The molecular weight excluding hydrogens is 310 g/mol. The van der Waals surface area contributed by atoms with Crippen molar-refractivity contribution in [3.63, 3.8) is 0 Å². The molecular formula is C15H18ClNO5. The van der Waals surface area contributed by atoms with Crippen molar-refractivity contribution in [2.45, 2.75) is 25.3 Å². The van der Waals surface area contributed by atoms with Gasteiger partial charge in [-0.3, -0.25) is 9.59 Å². The summed E-state index contributed by atoms with van der Waals surface area (Å²) in [7, 11) is 2.48. The number of benzene rings is 1. The number of rotatable bonds is 7. The standard InChI is InChI=1S/C15H18ClNO5/c1-21-14(19)8-7-13(18)17-12(15(20)22-2)9-10-5-3-4-6-11(10)16/h3-6,12H,7-9H2,1-2H3,(H,17,18)/t12-/m0/s1. The predicted molar refractivity (Wildman–Crippen MR) is 80.4 cm³/mol. The van der Waals surface area contributed by atoms with Crippen molar-refractivity contribution in [3.05, 3.63) is 34.9 Å². The quantitative estimate of drug-likeness (QED) is 0.767. The summed E-state index contributed by atoms with van der Waals surface area (Å²) in [5, 5.41) is 3.04. The lowest BCUT2D eigenvalue weighted by molar-refractivity contribution is -0.145. The van der Waals surface area contributed by atoms with Gasteiger partial charge in [-0.1, -0.05) is 29.8 Å². The van der Waals surface area contributed by atoms with Crippen LogP contribution in [-0.4, -0.2) is 38.1 Å². The zero-order chi connectivity index (χ0) is 16.5. The summed E-state index contributed by atoms with van der Waals surface area (Å²) in [5.74, 6) is -1.50. The van der Waals surface area contributed by atoms with E-state index in [1.165, 1.54) is 14.2 Å². The molecule has 0 bridgehead atoms. The Kier molecular flexibility index (Phi) is 7.39. The molecule has 0 aliphatic rings. The van der Waals surface area contributed by atoms with E-state index in [0.717, 1.165) is 0 Å². The Bertz CT molecular complexity index is 546. The lowest BCUT2D eigenvalue weighted by atomic mass is 10.1. The van der Waals surface area contributed by atoms with Crippen molar-refractivity contribution in [3.8, 4) is 0 Å². The van der Waals surface area contributed by atoms with Crippen LogP contribution in [0, 0.1) is 0 Å². The van der Waals surface area contributed by atoms with Gasteiger partial charge in [-0.05, 0) is 11.6 Å². The van der Waals surface area contributed by atoms with Gasteiger partial charge in [0.1, 0.15) is 6.04 Å². The third-order valence-electron chi connectivity index (χ3n) is 2.99. The second-order valence-corrected chi connectivity index (χ2v) is 4.92. The van der Waals surface area contributed by atoms with Crippen molar-refractivity contribution in [1.82, 2.24) is 5.32 Å². The van der Waals surface area contributed by atoms with E-state index >= 15 is 0 Å². The van der Waals surface area contributed by atoms with Crippen molar-refractivity contribution < 1.29 is 23.9 Å². The number of carbonyl (C=O) groups excluding carboxylic acids is 3. The minimum Gasteiger partial charge on any atom is -0.469 e. The molecule has 7 heteroatoms. The first-order chi connectivity index (χ1) is 10.5. The molecule has 1 aromatic rings. The van der Waals surface area contributed by atoms with E-state index in [1.807, 2.05) is 0 Å². The average Bonchev–Trinajstić information content (AvgIpc) is 2.53. The summed E-state index contributed by atoms with van der Waals surface area (Å²) in [5.41, 5.74) is 0.716. The molecule has 22 heavy (non-hydrogen) atoms. The summed E-state index contributed by atoms with van der Waals surface area (Å²) in [6, 6.07) is 6.15. The maximum Gasteiger partial charge on any atom is 0.328 e. The Morgan fingerprint density at radius 1 is 1.14 bits per heavy atom. The number of nitrogens with one attached hydrogen (secondary N) is 1. The highest BCUT2D eigenvalue weighted by molar-refractivity contribution is 6.31. The van der Waals surface area contributed by atoms with Crippen LogP contribution in [-0.2, 0) is 30.3 Å². The largest absolute Gasteiger partial charge is 0.469 e. The molecule has 1 amide bonds. The van der Waals surface area contributed by atoms with E-state index in [1.54, 1.807) is 24.3 Å². The van der Waals surface area contributed by atoms with Crippen LogP contribution in [0.1, 0.15) is 18.4 Å². The second kappa shape index (κ2) is 9.04. The van der Waals surface area contributed by atoms with Gasteiger partial charge in [-0.25, -0.2) is 4.79 Å². The normalized spacial score (nSPS) is 11.4. The smallest absolute Gasteiger partial charge is 0.328 e. The summed E-state index contributed by atoms with van der Waals surface area (Å²) < 4.78 is 9.14. The van der Waals surface area contributed by atoms with Gasteiger partial charge in [-0.2, -0.15) is 0 Å². The highest BCUT2D eigenvalue weighted by Gasteiger charge is 2.23. The lowest BCUT2D eigenvalue weighted by Gasteiger charge is -2.17. The van der Waals surface area contributed by atoms with E-state index in [0.29, 0.717) is 10.6 Å². The van der Waals surface area contributed by atoms with Crippen LogP contribution in [0.5, 0.6) is 0 Å². The molecule has 0 radical (unpaired) electrons. The number of carbonyl (C=O) groups is 3. The van der Waals surface area contributed by atoms with E-state index in [2.05, 4.69) is 14.8 Å². The highest BCUT2D eigenvalue weighted by atomic mass is 35.5. The van der Waals surface area contributed by atoms with Gasteiger partial charge in [0.05, 0.1) is 20.6 Å². The zero-order valence-corrected chi connectivity index (χ0v) is 13.2. The van der Waals surface area contributed by atoms with Crippen LogP contribution in [0.25, 0.3) is 0 Å². The SMILES string of the molecule is COC(=O)CCC(=O)N[C@@H](Cc1ccccc1Cl)C(=O)OC. The van der Waals surface area contributed by atoms with E-state index in [9.17, 15) is 14.4 Å². The van der Waals surface area contributed by atoms with Gasteiger partial charge in [0.15, 0.2) is 0 Å². The summed E-state index contributed by atoms with van der Waals surface area (Å²) in [6.45, 7) is 0. The Labute approximate surface area is 133 Å². The summed E-state index contributed by atoms with van der Waals surface area (Å²) in [4.78, 5) is 34.6. The van der Waals surface area contributed by atoms with Gasteiger partial charge < -0.3 is 14.8 Å². The van der Waals surface area contributed by atoms with Gasteiger partial charge in [-0.15, -0.1) is 0 Å². The molecule has 0 aromatic heterocycles. The summed E-state index contributed by atoms with van der Waals surface area (Å²) in [6.07, 6.45) is 0.0846. The zero-order valence-electron chi connectivity index (χ0n) is 12.4. The molecule has 1 rings (SSSR count). The van der Waals surface area contributed by atoms with Crippen LogP contribution in [0.2, 0.25) is 5.02 Å². The molecule has 1 N–H and O–H groups in total. The highest BCUT2D eigenvalue weighted by Crippen LogP contribution is 2.17. The van der Waals surface area contributed by atoms with E-state index in [-0.39, 0.29) is 19.3 Å². The average molecular weight is 328 g/mol. The Morgan fingerprint density at radius 2 is 1.82 bits per heavy atom. The molecule has 0 spiro atoms. The predicted octanol–water partition coefficient (Wildman–Crippen LogP) is 1.49. The van der Waals surface area contributed by atoms with E-state index < -0.39 is 23.9 Å². The topological polar surface area (TPSA) is 81.7 Å². The second-order valence-electron chi connectivity index (χ2n) is 4.51. The fourth-order valence-corrected chi connectivity index (χ4v) is 2.02. The van der Waals surface area contributed by atoms with Crippen molar-refractivity contribution >= 4 is 29.4 Å². The minimum absolute atomic E-state index is 0.0533. The van der Waals surface area contributed by atoms with Gasteiger partial charge in [0.25, 0.3) is 0 Å². The van der Waals surface area contributed by atoms with Crippen LogP contribution in [0.4, 0.5) is 0 Å². The molecule has 6 nitrogen and oxygen atoms in total. The maximum absolute atomic E-state index is 11.8. The minimum atomic E-state index is -0.866. The van der Waals surface area contributed by atoms with E-state index in [4.69, 9.17) is 11.6 Å². The molecule has 0 saturated heterocycles. The first kappa shape index (κ1) is 18.0. The number of methoxy groups -OCH3 is 2. The molecule has 0 unspecified atom stereocenters. The van der Waals surface area contributed by atoms with Gasteiger partial charge in [0.2, 0.25) is 5.91 Å². The van der Waals surface area contributed by atoms with Crippen LogP contribution >= 0.6 is 11.6 Å². The van der Waals surface area contributed by atoms with Crippen molar-refractivity contribution in [2.75, 3.05) is 14.2 Å². The molecule has 0 heterocycles. The molecule has 0 aliphatic carbocycles. The molecule has 120 valence electrons. The van der Waals surface area contributed by atoms with Crippen molar-refractivity contribution in [2.24, 2.45) is 0 Å². The number of halogens is 1. The maximum atomic E-state index is 11.8. The number of amides is 1. The number of hydrogen-bond donors (Lipinski definition) is 1. The van der Waals surface area contributed by atoms with Crippen LogP contribution < -0.4 is 5.32 Å². The molecule has 1 aromatic carbocycles. The van der Waals surface area contributed by atoms with Gasteiger partial charge in [0, 0.05) is 17.9 Å². The van der Waals surface area contributed by atoms with Gasteiger partial charge >= 0.3 is 11.9 Å². The Hall–Kier alpha value is -2.08. The van der Waals surface area contributed by atoms with Crippen LogP contribution in [0.3, 0.4) is 0 Å². The molecule has 0 aliphatic heterocycles. The molecule has 0 fully saturated rings. The number of hydrogen-bond acceptors (Lipinski definition) is 5. The number of esters is 2. The third-order valence-corrected chi connectivity index (χ3v) is 3.36. The third kappa shape index (κ3) is 5.73.